The minimum atomic E-state index is -4.37. The van der Waals surface area contributed by atoms with E-state index in [0.29, 0.717) is 35.7 Å². The van der Waals surface area contributed by atoms with E-state index in [-0.39, 0.29) is 5.91 Å². The van der Waals surface area contributed by atoms with E-state index in [1.807, 2.05) is 11.9 Å². The van der Waals surface area contributed by atoms with Gasteiger partial charge in [-0.1, -0.05) is 30.3 Å². The number of likely N-dealkylation sites (tertiary alicyclic amines) is 1. The van der Waals surface area contributed by atoms with Crippen molar-refractivity contribution >= 4 is 5.91 Å². The lowest BCUT2D eigenvalue weighted by Crippen LogP contribution is -2.42. The van der Waals surface area contributed by atoms with Gasteiger partial charge in [0.25, 0.3) is 5.91 Å². The van der Waals surface area contributed by atoms with E-state index in [9.17, 15) is 18.0 Å². The van der Waals surface area contributed by atoms with Crippen molar-refractivity contribution in [2.75, 3.05) is 26.7 Å². The van der Waals surface area contributed by atoms with Crippen LogP contribution >= 0.6 is 0 Å². The summed E-state index contributed by atoms with van der Waals surface area (Å²) < 4.78 is 38.4. The standard InChI is InChI=1S/C21H23F3N2O/c1-25-13-15-5-4-12-26(14-15)20(27)19-7-3-2-6-18(19)16-8-10-17(11-9-16)21(22,23)24/h2-3,6-11,15,25H,4-5,12-14H2,1H3. The molecule has 0 aromatic heterocycles. The number of carbonyl (C=O) groups is 1. The van der Waals surface area contributed by atoms with E-state index < -0.39 is 11.7 Å². The van der Waals surface area contributed by atoms with Crippen LogP contribution in [0.1, 0.15) is 28.8 Å². The second-order valence-corrected chi connectivity index (χ2v) is 6.94. The van der Waals surface area contributed by atoms with E-state index >= 15 is 0 Å². The summed E-state index contributed by atoms with van der Waals surface area (Å²) in [5, 5.41) is 3.16. The summed E-state index contributed by atoms with van der Waals surface area (Å²) in [6.07, 6.45) is -2.32. The van der Waals surface area contributed by atoms with Gasteiger partial charge in [-0.05, 0) is 61.7 Å². The van der Waals surface area contributed by atoms with Crippen LogP contribution in [-0.4, -0.2) is 37.5 Å². The molecule has 0 aliphatic carbocycles. The highest BCUT2D eigenvalue weighted by Crippen LogP contribution is 2.32. The van der Waals surface area contributed by atoms with Gasteiger partial charge in [-0.25, -0.2) is 0 Å². The molecule has 1 saturated heterocycles. The third kappa shape index (κ3) is 4.50. The van der Waals surface area contributed by atoms with Gasteiger partial charge in [0.15, 0.2) is 0 Å². The lowest BCUT2D eigenvalue weighted by Gasteiger charge is -2.33. The third-order valence-electron chi connectivity index (χ3n) is 4.98. The highest BCUT2D eigenvalue weighted by Gasteiger charge is 2.30. The Hall–Kier alpha value is -2.34. The molecule has 1 amide bonds. The minimum Gasteiger partial charge on any atom is -0.338 e. The predicted molar refractivity (Wildman–Crippen MR) is 99.4 cm³/mol. The smallest absolute Gasteiger partial charge is 0.338 e. The first-order chi connectivity index (χ1) is 12.9. The van der Waals surface area contributed by atoms with Gasteiger partial charge in [0.2, 0.25) is 0 Å². The van der Waals surface area contributed by atoms with Gasteiger partial charge in [-0.3, -0.25) is 4.79 Å². The van der Waals surface area contributed by atoms with Crippen molar-refractivity contribution in [1.82, 2.24) is 10.2 Å². The van der Waals surface area contributed by atoms with Gasteiger partial charge < -0.3 is 10.2 Å². The fourth-order valence-corrected chi connectivity index (χ4v) is 3.64. The second kappa shape index (κ2) is 8.13. The Bertz CT molecular complexity index is 785. The molecule has 0 bridgehead atoms. The van der Waals surface area contributed by atoms with Crippen LogP contribution < -0.4 is 5.32 Å². The molecule has 2 aromatic carbocycles. The summed E-state index contributed by atoms with van der Waals surface area (Å²) in [5.74, 6) is 0.359. The van der Waals surface area contributed by atoms with Crippen molar-refractivity contribution in [2.24, 2.45) is 5.92 Å². The predicted octanol–water partition coefficient (Wildman–Crippen LogP) is 4.44. The molecular formula is C21H23F3N2O. The molecule has 1 fully saturated rings. The van der Waals surface area contributed by atoms with Crippen molar-refractivity contribution in [3.63, 3.8) is 0 Å². The molecule has 1 atom stereocenters. The number of rotatable bonds is 4. The van der Waals surface area contributed by atoms with E-state index in [1.165, 1.54) is 12.1 Å². The van der Waals surface area contributed by atoms with Crippen LogP contribution in [0.5, 0.6) is 0 Å². The van der Waals surface area contributed by atoms with E-state index in [4.69, 9.17) is 0 Å². The Morgan fingerprint density at radius 3 is 2.52 bits per heavy atom. The van der Waals surface area contributed by atoms with E-state index in [1.54, 1.807) is 24.3 Å². The number of amides is 1. The summed E-state index contributed by atoms with van der Waals surface area (Å²) in [6, 6.07) is 12.1. The Labute approximate surface area is 157 Å². The lowest BCUT2D eigenvalue weighted by atomic mass is 9.94. The van der Waals surface area contributed by atoms with Crippen molar-refractivity contribution in [3.05, 3.63) is 59.7 Å². The van der Waals surface area contributed by atoms with Crippen LogP contribution in [0.3, 0.4) is 0 Å². The highest BCUT2D eigenvalue weighted by molar-refractivity contribution is 6.01. The SMILES string of the molecule is CNCC1CCCN(C(=O)c2ccccc2-c2ccc(C(F)(F)F)cc2)C1. The van der Waals surface area contributed by atoms with Crippen LogP contribution in [0.4, 0.5) is 13.2 Å². The number of alkyl halides is 3. The van der Waals surface area contributed by atoms with Crippen LogP contribution in [0, 0.1) is 5.92 Å². The quantitative estimate of drug-likeness (QED) is 0.855. The monoisotopic (exact) mass is 376 g/mol. The van der Waals surface area contributed by atoms with Gasteiger partial charge in [0.05, 0.1) is 5.56 Å². The summed E-state index contributed by atoms with van der Waals surface area (Å²) in [4.78, 5) is 15.0. The molecule has 1 unspecified atom stereocenters. The molecule has 3 rings (SSSR count). The molecule has 0 saturated carbocycles. The molecule has 1 heterocycles. The topological polar surface area (TPSA) is 32.3 Å². The van der Waals surface area contributed by atoms with Crippen LogP contribution in [0.25, 0.3) is 11.1 Å². The van der Waals surface area contributed by atoms with Gasteiger partial charge in [-0.15, -0.1) is 0 Å². The summed E-state index contributed by atoms with van der Waals surface area (Å²) in [7, 11) is 1.90. The maximum absolute atomic E-state index is 13.1. The largest absolute Gasteiger partial charge is 0.416 e. The van der Waals surface area contributed by atoms with E-state index in [0.717, 1.165) is 31.5 Å². The minimum absolute atomic E-state index is 0.0636. The fourth-order valence-electron chi connectivity index (χ4n) is 3.64. The Kier molecular flexibility index (Phi) is 5.85. The molecule has 27 heavy (non-hydrogen) atoms. The first-order valence-electron chi connectivity index (χ1n) is 9.10. The number of nitrogens with zero attached hydrogens (tertiary/aromatic N) is 1. The third-order valence-corrected chi connectivity index (χ3v) is 4.98. The van der Waals surface area contributed by atoms with Gasteiger partial charge in [0, 0.05) is 18.7 Å². The normalized spacial score (nSPS) is 17.8. The van der Waals surface area contributed by atoms with Crippen LogP contribution in [-0.2, 0) is 6.18 Å². The first-order valence-corrected chi connectivity index (χ1v) is 9.10. The number of nitrogens with one attached hydrogen (secondary N) is 1. The Morgan fingerprint density at radius 1 is 1.15 bits per heavy atom. The number of halogens is 3. The zero-order valence-electron chi connectivity index (χ0n) is 15.2. The molecule has 3 nitrogen and oxygen atoms in total. The molecule has 0 spiro atoms. The average molecular weight is 376 g/mol. The second-order valence-electron chi connectivity index (χ2n) is 6.94. The number of hydrogen-bond acceptors (Lipinski definition) is 2. The maximum atomic E-state index is 13.1. The number of piperidine rings is 1. The number of benzene rings is 2. The van der Waals surface area contributed by atoms with E-state index in [2.05, 4.69) is 5.32 Å². The molecule has 6 heteroatoms. The number of carbonyl (C=O) groups excluding carboxylic acids is 1. The maximum Gasteiger partial charge on any atom is 0.416 e. The lowest BCUT2D eigenvalue weighted by molar-refractivity contribution is -0.137. The average Bonchev–Trinajstić information content (AvgIpc) is 2.67. The first kappa shape index (κ1) is 19.4. The van der Waals surface area contributed by atoms with Crippen LogP contribution in [0.15, 0.2) is 48.5 Å². The molecular weight excluding hydrogens is 353 g/mol. The Balaban J connectivity index is 1.86. The van der Waals surface area contributed by atoms with Crippen molar-refractivity contribution < 1.29 is 18.0 Å². The van der Waals surface area contributed by atoms with Crippen LogP contribution in [0.2, 0.25) is 0 Å². The van der Waals surface area contributed by atoms with Gasteiger partial charge in [0.1, 0.15) is 0 Å². The molecule has 1 aliphatic rings. The summed E-state index contributed by atoms with van der Waals surface area (Å²) in [6.45, 7) is 2.27. The molecule has 1 aliphatic heterocycles. The zero-order valence-corrected chi connectivity index (χ0v) is 15.2. The van der Waals surface area contributed by atoms with Crippen molar-refractivity contribution in [1.29, 1.82) is 0 Å². The fraction of sp³-hybridized carbons (Fsp3) is 0.381. The van der Waals surface area contributed by atoms with Gasteiger partial charge in [-0.2, -0.15) is 13.2 Å². The molecule has 1 N–H and O–H groups in total. The molecule has 2 aromatic rings. The Morgan fingerprint density at radius 2 is 1.85 bits per heavy atom. The zero-order chi connectivity index (χ0) is 19.4. The summed E-state index contributed by atoms with van der Waals surface area (Å²) >= 11 is 0. The van der Waals surface area contributed by atoms with Crippen molar-refractivity contribution in [3.8, 4) is 11.1 Å². The summed E-state index contributed by atoms with van der Waals surface area (Å²) in [5.41, 5.74) is 1.10. The molecule has 144 valence electrons. The highest BCUT2D eigenvalue weighted by atomic mass is 19.4. The van der Waals surface area contributed by atoms with Gasteiger partial charge >= 0.3 is 6.18 Å². The van der Waals surface area contributed by atoms with Crippen molar-refractivity contribution in [2.45, 2.75) is 19.0 Å². The molecule has 0 radical (unpaired) electrons. The number of hydrogen-bond donors (Lipinski definition) is 1.